The molecule has 1 aromatic rings. The van der Waals surface area contributed by atoms with Crippen molar-refractivity contribution in [3.63, 3.8) is 0 Å². The van der Waals surface area contributed by atoms with Crippen molar-refractivity contribution in [3.8, 4) is 0 Å². The lowest BCUT2D eigenvalue weighted by Crippen LogP contribution is -2.27. The Kier molecular flexibility index (Phi) is 3.00. The molecule has 14 heavy (non-hydrogen) atoms. The molecule has 2 rings (SSSR count). The number of imidazole rings is 1. The zero-order chi connectivity index (χ0) is 10.1. The Morgan fingerprint density at radius 3 is 3.07 bits per heavy atom. The molecular weight excluding hydrogens is 221 g/mol. The predicted octanol–water partition coefficient (Wildman–Crippen LogP) is 1.97. The Balaban J connectivity index is 2.21. The van der Waals surface area contributed by atoms with Crippen molar-refractivity contribution < 1.29 is 0 Å². The van der Waals surface area contributed by atoms with Gasteiger partial charge in [-0.25, -0.2) is 4.98 Å². The first kappa shape index (κ1) is 10.3. The molecule has 1 atom stereocenters. The quantitative estimate of drug-likeness (QED) is 0.847. The zero-order valence-corrected chi connectivity index (χ0v) is 9.57. The minimum atomic E-state index is 0.521. The van der Waals surface area contributed by atoms with E-state index >= 15 is 0 Å². The molecule has 1 N–H and O–H groups in total. The Morgan fingerprint density at radius 1 is 1.57 bits per heavy atom. The van der Waals surface area contributed by atoms with E-state index in [0.717, 1.165) is 31.6 Å². The summed E-state index contributed by atoms with van der Waals surface area (Å²) < 4.78 is 2.01. The van der Waals surface area contributed by atoms with Crippen molar-refractivity contribution in [3.05, 3.63) is 16.1 Å². The summed E-state index contributed by atoms with van der Waals surface area (Å²) in [6.45, 7) is 1.96. The number of aromatic nitrogens is 2. The maximum absolute atomic E-state index is 5.99. The predicted molar refractivity (Wildman–Crippen MR) is 58.0 cm³/mol. The third-order valence-corrected chi connectivity index (χ3v) is 3.30. The van der Waals surface area contributed by atoms with Crippen molar-refractivity contribution in [2.24, 2.45) is 5.92 Å². The Bertz CT molecular complexity index is 335. The lowest BCUT2D eigenvalue weighted by atomic mass is 9.96. The number of hydrogen-bond donors (Lipinski definition) is 1. The molecule has 0 aromatic carbocycles. The fraction of sp³-hybridized carbons (Fsp3) is 0.667. The molecule has 3 nitrogen and oxygen atoms in total. The van der Waals surface area contributed by atoms with Gasteiger partial charge in [0.1, 0.15) is 0 Å². The van der Waals surface area contributed by atoms with E-state index in [1.54, 1.807) is 0 Å². The molecule has 0 saturated heterocycles. The minimum absolute atomic E-state index is 0.521. The molecule has 0 amide bonds. The van der Waals surface area contributed by atoms with E-state index in [0.29, 0.717) is 16.4 Å². The lowest BCUT2D eigenvalue weighted by Gasteiger charge is -2.23. The third kappa shape index (κ3) is 1.76. The van der Waals surface area contributed by atoms with Gasteiger partial charge in [-0.05, 0) is 44.0 Å². The van der Waals surface area contributed by atoms with Gasteiger partial charge in [0, 0.05) is 6.54 Å². The highest BCUT2D eigenvalue weighted by Crippen LogP contribution is 2.29. The first-order chi connectivity index (χ1) is 6.72. The van der Waals surface area contributed by atoms with Crippen LogP contribution < -0.4 is 5.32 Å². The molecule has 0 aliphatic carbocycles. The van der Waals surface area contributed by atoms with Gasteiger partial charge in [-0.1, -0.05) is 11.6 Å². The topological polar surface area (TPSA) is 29.9 Å². The average Bonchev–Trinajstić information content (AvgIpc) is 2.43. The first-order valence-electron chi connectivity index (χ1n) is 4.77. The minimum Gasteiger partial charge on any atom is -0.319 e. The van der Waals surface area contributed by atoms with Crippen LogP contribution in [0.25, 0.3) is 0 Å². The second kappa shape index (κ2) is 4.09. The van der Waals surface area contributed by atoms with Crippen LogP contribution in [0.4, 0.5) is 0 Å². The molecule has 78 valence electrons. The SMILES string of the molecule is CNCC1CCn2c(Cl)nc(Cl)c2C1. The second-order valence-electron chi connectivity index (χ2n) is 3.69. The second-order valence-corrected chi connectivity index (χ2v) is 4.38. The van der Waals surface area contributed by atoms with Crippen molar-refractivity contribution in [1.29, 1.82) is 0 Å². The standard InChI is InChI=1S/C9H13Cl2N3/c1-12-5-6-2-3-14-7(4-6)8(10)13-9(14)11/h6,12H,2-5H2,1H3. The smallest absolute Gasteiger partial charge is 0.204 e. The van der Waals surface area contributed by atoms with Gasteiger partial charge in [0.15, 0.2) is 5.15 Å². The number of nitrogens with zero attached hydrogens (tertiary/aromatic N) is 2. The molecule has 1 aromatic heterocycles. The van der Waals surface area contributed by atoms with Gasteiger partial charge < -0.3 is 9.88 Å². The summed E-state index contributed by atoms with van der Waals surface area (Å²) in [6, 6.07) is 0. The summed E-state index contributed by atoms with van der Waals surface area (Å²) in [5.74, 6) is 0.651. The van der Waals surface area contributed by atoms with Crippen LogP contribution in [-0.2, 0) is 13.0 Å². The Labute approximate surface area is 93.4 Å². The van der Waals surface area contributed by atoms with Crippen LogP contribution in [0.2, 0.25) is 10.4 Å². The average molecular weight is 234 g/mol. The zero-order valence-electron chi connectivity index (χ0n) is 8.06. The maximum Gasteiger partial charge on any atom is 0.204 e. The first-order valence-corrected chi connectivity index (χ1v) is 5.53. The van der Waals surface area contributed by atoms with Crippen LogP contribution in [0.15, 0.2) is 0 Å². The molecule has 5 heteroatoms. The van der Waals surface area contributed by atoms with Crippen molar-refractivity contribution in [2.45, 2.75) is 19.4 Å². The van der Waals surface area contributed by atoms with Gasteiger partial charge in [0.25, 0.3) is 0 Å². The molecule has 0 saturated carbocycles. The van der Waals surface area contributed by atoms with E-state index in [-0.39, 0.29) is 0 Å². The summed E-state index contributed by atoms with van der Waals surface area (Å²) in [7, 11) is 1.97. The fourth-order valence-electron chi connectivity index (χ4n) is 2.00. The largest absolute Gasteiger partial charge is 0.319 e. The third-order valence-electron chi connectivity index (χ3n) is 2.71. The summed E-state index contributed by atoms with van der Waals surface area (Å²) in [6.07, 6.45) is 2.11. The van der Waals surface area contributed by atoms with E-state index in [1.165, 1.54) is 0 Å². The Morgan fingerprint density at radius 2 is 2.36 bits per heavy atom. The van der Waals surface area contributed by atoms with Crippen LogP contribution in [0, 0.1) is 5.92 Å². The van der Waals surface area contributed by atoms with E-state index in [2.05, 4.69) is 10.3 Å². The molecule has 0 radical (unpaired) electrons. The molecular formula is C9H13Cl2N3. The van der Waals surface area contributed by atoms with Gasteiger partial charge in [-0.3, -0.25) is 0 Å². The van der Waals surface area contributed by atoms with Gasteiger partial charge in [0.05, 0.1) is 5.69 Å². The number of rotatable bonds is 2. The van der Waals surface area contributed by atoms with Crippen molar-refractivity contribution >= 4 is 23.2 Å². The van der Waals surface area contributed by atoms with Gasteiger partial charge >= 0.3 is 0 Å². The fourth-order valence-corrected chi connectivity index (χ4v) is 2.57. The monoisotopic (exact) mass is 233 g/mol. The molecule has 2 heterocycles. The molecule has 1 aliphatic rings. The van der Waals surface area contributed by atoms with Crippen LogP contribution in [0.5, 0.6) is 0 Å². The van der Waals surface area contributed by atoms with Crippen molar-refractivity contribution in [1.82, 2.24) is 14.9 Å². The summed E-state index contributed by atoms with van der Waals surface area (Å²) in [5, 5.41) is 4.28. The van der Waals surface area contributed by atoms with E-state index in [1.807, 2.05) is 11.6 Å². The maximum atomic E-state index is 5.99. The summed E-state index contributed by atoms with van der Waals surface area (Å²) >= 11 is 11.9. The highest BCUT2D eigenvalue weighted by atomic mass is 35.5. The molecule has 0 bridgehead atoms. The highest BCUT2D eigenvalue weighted by Gasteiger charge is 2.23. The Hall–Kier alpha value is -0.250. The lowest BCUT2D eigenvalue weighted by molar-refractivity contribution is 0.379. The highest BCUT2D eigenvalue weighted by molar-refractivity contribution is 6.32. The molecule has 0 fully saturated rings. The van der Waals surface area contributed by atoms with Crippen LogP contribution in [-0.4, -0.2) is 23.1 Å². The van der Waals surface area contributed by atoms with Crippen molar-refractivity contribution in [2.75, 3.05) is 13.6 Å². The summed E-state index contributed by atoms with van der Waals surface area (Å²) in [5.41, 5.74) is 1.09. The normalized spacial score (nSPS) is 20.9. The number of nitrogens with one attached hydrogen (secondary N) is 1. The van der Waals surface area contributed by atoms with Gasteiger partial charge in [-0.15, -0.1) is 0 Å². The van der Waals surface area contributed by atoms with Gasteiger partial charge in [0.2, 0.25) is 5.28 Å². The van der Waals surface area contributed by atoms with E-state index in [9.17, 15) is 0 Å². The van der Waals surface area contributed by atoms with E-state index in [4.69, 9.17) is 23.2 Å². The molecule has 1 unspecified atom stereocenters. The molecule has 1 aliphatic heterocycles. The summed E-state index contributed by atoms with van der Waals surface area (Å²) in [4.78, 5) is 4.06. The van der Waals surface area contributed by atoms with Crippen LogP contribution in [0.1, 0.15) is 12.1 Å². The van der Waals surface area contributed by atoms with Crippen LogP contribution >= 0.6 is 23.2 Å². The van der Waals surface area contributed by atoms with Gasteiger partial charge in [-0.2, -0.15) is 0 Å². The number of halogens is 2. The number of hydrogen-bond acceptors (Lipinski definition) is 2. The van der Waals surface area contributed by atoms with Crippen LogP contribution in [0.3, 0.4) is 0 Å². The molecule has 0 spiro atoms. The van der Waals surface area contributed by atoms with E-state index < -0.39 is 0 Å². The number of fused-ring (bicyclic) bond motifs is 1.